The summed E-state index contributed by atoms with van der Waals surface area (Å²) in [5.41, 5.74) is 1.75. The molecule has 1 aromatic rings. The Bertz CT molecular complexity index is 462. The molecule has 2 heterocycles. The van der Waals surface area contributed by atoms with Crippen molar-refractivity contribution in [1.82, 2.24) is 20.1 Å². The van der Waals surface area contributed by atoms with Gasteiger partial charge in [-0.2, -0.15) is 5.10 Å². The van der Waals surface area contributed by atoms with Crippen molar-refractivity contribution in [2.75, 3.05) is 25.5 Å². The Hall–Kier alpha value is -1.72. The lowest BCUT2D eigenvalue weighted by Crippen LogP contribution is -2.48. The normalized spacial score (nSPS) is 20.1. The first-order valence-corrected chi connectivity index (χ1v) is 6.13. The molecule has 0 aromatic carbocycles. The van der Waals surface area contributed by atoms with Crippen LogP contribution in [0, 0.1) is 13.8 Å². The third-order valence-corrected chi connectivity index (χ3v) is 3.55. The van der Waals surface area contributed by atoms with E-state index in [-0.39, 0.29) is 11.9 Å². The molecule has 1 saturated heterocycles. The second-order valence-electron chi connectivity index (χ2n) is 4.86. The predicted molar refractivity (Wildman–Crippen MR) is 68.4 cm³/mol. The Morgan fingerprint density at radius 3 is 2.61 bits per heavy atom. The summed E-state index contributed by atoms with van der Waals surface area (Å²) in [5.74, 6) is 0.838. The molecule has 1 fully saturated rings. The van der Waals surface area contributed by atoms with E-state index >= 15 is 0 Å². The van der Waals surface area contributed by atoms with Crippen molar-refractivity contribution >= 4 is 11.9 Å². The third kappa shape index (κ3) is 2.42. The van der Waals surface area contributed by atoms with Crippen LogP contribution in [-0.2, 0) is 4.79 Å². The fourth-order valence-electron chi connectivity index (χ4n) is 2.06. The molecule has 1 amide bonds. The molecule has 1 atom stereocenters. The molecular formula is C12H19N5O. The Labute approximate surface area is 107 Å². The largest absolute Gasteiger partial charge is 0.344 e. The van der Waals surface area contributed by atoms with E-state index in [2.05, 4.69) is 15.2 Å². The summed E-state index contributed by atoms with van der Waals surface area (Å²) < 4.78 is 0. The molecular weight excluding hydrogens is 230 g/mol. The van der Waals surface area contributed by atoms with Gasteiger partial charge in [-0.1, -0.05) is 0 Å². The van der Waals surface area contributed by atoms with Crippen molar-refractivity contribution in [3.8, 4) is 0 Å². The molecule has 6 nitrogen and oxygen atoms in total. The van der Waals surface area contributed by atoms with Gasteiger partial charge >= 0.3 is 0 Å². The minimum absolute atomic E-state index is 0.207. The van der Waals surface area contributed by atoms with Crippen LogP contribution in [-0.4, -0.2) is 52.7 Å². The van der Waals surface area contributed by atoms with Gasteiger partial charge in [0.15, 0.2) is 0 Å². The summed E-state index contributed by atoms with van der Waals surface area (Å²) in [6, 6.07) is 0.261. The van der Waals surface area contributed by atoms with Crippen molar-refractivity contribution in [2.45, 2.75) is 32.7 Å². The first-order valence-electron chi connectivity index (χ1n) is 6.13. The zero-order chi connectivity index (χ0) is 13.3. The number of aryl methyl sites for hydroxylation is 2. The minimum Gasteiger partial charge on any atom is -0.344 e. The van der Waals surface area contributed by atoms with Gasteiger partial charge in [0.2, 0.25) is 11.9 Å². The van der Waals surface area contributed by atoms with Gasteiger partial charge in [0, 0.05) is 33.1 Å². The molecule has 0 saturated carbocycles. The number of hydrogen-bond donors (Lipinski definition) is 0. The highest BCUT2D eigenvalue weighted by Crippen LogP contribution is 2.18. The standard InChI is InChI=1S/C12H19N5O/c1-8-9(2)14-15-12(13-8)17(4)10-5-6-11(18)16(3)7-10/h10H,5-7H2,1-4H3/t10-/m0/s1. The first-order chi connectivity index (χ1) is 8.49. The number of piperidine rings is 1. The molecule has 0 bridgehead atoms. The lowest BCUT2D eigenvalue weighted by Gasteiger charge is -2.35. The van der Waals surface area contributed by atoms with Crippen molar-refractivity contribution in [3.05, 3.63) is 11.4 Å². The Balaban J connectivity index is 2.13. The molecule has 18 heavy (non-hydrogen) atoms. The minimum atomic E-state index is 0.207. The number of carbonyl (C=O) groups is 1. The molecule has 1 aliphatic rings. The molecule has 0 unspecified atom stereocenters. The molecule has 0 aliphatic carbocycles. The summed E-state index contributed by atoms with van der Waals surface area (Å²) >= 11 is 0. The maximum atomic E-state index is 11.5. The number of aromatic nitrogens is 3. The molecule has 0 spiro atoms. The van der Waals surface area contributed by atoms with Crippen LogP contribution in [0.1, 0.15) is 24.2 Å². The van der Waals surface area contributed by atoms with Crippen molar-refractivity contribution < 1.29 is 4.79 Å². The number of carbonyl (C=O) groups excluding carboxylic acids is 1. The third-order valence-electron chi connectivity index (χ3n) is 3.55. The zero-order valence-corrected chi connectivity index (χ0v) is 11.3. The zero-order valence-electron chi connectivity index (χ0n) is 11.3. The van der Waals surface area contributed by atoms with Crippen LogP contribution in [0.4, 0.5) is 5.95 Å². The van der Waals surface area contributed by atoms with E-state index in [9.17, 15) is 4.79 Å². The fraction of sp³-hybridized carbons (Fsp3) is 0.667. The highest BCUT2D eigenvalue weighted by molar-refractivity contribution is 5.77. The first kappa shape index (κ1) is 12.7. The average Bonchev–Trinajstić information content (AvgIpc) is 2.35. The molecule has 1 aliphatic heterocycles. The van der Waals surface area contributed by atoms with E-state index in [4.69, 9.17) is 0 Å². The van der Waals surface area contributed by atoms with Crippen molar-refractivity contribution in [1.29, 1.82) is 0 Å². The molecule has 98 valence electrons. The monoisotopic (exact) mass is 249 g/mol. The van der Waals surface area contributed by atoms with E-state index in [0.717, 1.165) is 17.8 Å². The molecule has 6 heteroatoms. The highest BCUT2D eigenvalue weighted by Gasteiger charge is 2.27. The maximum absolute atomic E-state index is 11.5. The summed E-state index contributed by atoms with van der Waals surface area (Å²) in [6.07, 6.45) is 1.43. The molecule has 2 rings (SSSR count). The van der Waals surface area contributed by atoms with E-state index in [1.165, 1.54) is 0 Å². The molecule has 0 radical (unpaired) electrons. The van der Waals surface area contributed by atoms with Gasteiger partial charge in [0.1, 0.15) is 0 Å². The number of likely N-dealkylation sites (N-methyl/N-ethyl adjacent to an activating group) is 2. The Kier molecular flexibility index (Phi) is 3.45. The van der Waals surface area contributed by atoms with Crippen LogP contribution in [0.5, 0.6) is 0 Å². The lowest BCUT2D eigenvalue weighted by molar-refractivity contribution is -0.132. The number of hydrogen-bond acceptors (Lipinski definition) is 5. The van der Waals surface area contributed by atoms with E-state index in [1.54, 1.807) is 4.90 Å². The van der Waals surface area contributed by atoms with Crippen LogP contribution in [0.3, 0.4) is 0 Å². The van der Waals surface area contributed by atoms with Crippen LogP contribution in [0.15, 0.2) is 0 Å². The summed E-state index contributed by atoms with van der Waals surface area (Å²) in [4.78, 5) is 19.7. The quantitative estimate of drug-likeness (QED) is 0.765. The topological polar surface area (TPSA) is 62.2 Å². The average molecular weight is 249 g/mol. The summed E-state index contributed by atoms with van der Waals surface area (Å²) in [7, 11) is 3.79. The Morgan fingerprint density at radius 2 is 2.00 bits per heavy atom. The maximum Gasteiger partial charge on any atom is 0.245 e. The number of rotatable bonds is 2. The lowest BCUT2D eigenvalue weighted by atomic mass is 10.0. The van der Waals surface area contributed by atoms with E-state index in [1.807, 2.05) is 32.8 Å². The van der Waals surface area contributed by atoms with Crippen LogP contribution < -0.4 is 4.90 Å². The SMILES string of the molecule is Cc1nnc(N(C)[C@H]2CCC(=O)N(C)C2)nc1C. The summed E-state index contributed by atoms with van der Waals surface area (Å²) in [6.45, 7) is 4.54. The second kappa shape index (κ2) is 4.88. The van der Waals surface area contributed by atoms with Gasteiger partial charge < -0.3 is 9.80 Å². The Morgan fingerprint density at radius 1 is 1.28 bits per heavy atom. The van der Waals surface area contributed by atoms with Crippen LogP contribution >= 0.6 is 0 Å². The van der Waals surface area contributed by atoms with Crippen LogP contribution in [0.2, 0.25) is 0 Å². The number of anilines is 1. The van der Waals surface area contributed by atoms with E-state index < -0.39 is 0 Å². The van der Waals surface area contributed by atoms with E-state index in [0.29, 0.717) is 18.9 Å². The second-order valence-corrected chi connectivity index (χ2v) is 4.86. The predicted octanol–water partition coefficient (Wildman–Crippen LogP) is 0.545. The smallest absolute Gasteiger partial charge is 0.245 e. The van der Waals surface area contributed by atoms with Crippen molar-refractivity contribution in [2.24, 2.45) is 0 Å². The van der Waals surface area contributed by atoms with Gasteiger partial charge in [-0.25, -0.2) is 4.98 Å². The van der Waals surface area contributed by atoms with Gasteiger partial charge in [-0.3, -0.25) is 4.79 Å². The van der Waals surface area contributed by atoms with Crippen LogP contribution in [0.25, 0.3) is 0 Å². The van der Waals surface area contributed by atoms with Gasteiger partial charge in [-0.15, -0.1) is 5.10 Å². The highest BCUT2D eigenvalue weighted by atomic mass is 16.2. The fourth-order valence-corrected chi connectivity index (χ4v) is 2.06. The van der Waals surface area contributed by atoms with Gasteiger partial charge in [0.25, 0.3) is 0 Å². The number of amides is 1. The van der Waals surface area contributed by atoms with Crippen molar-refractivity contribution in [3.63, 3.8) is 0 Å². The molecule has 1 aromatic heterocycles. The molecule has 0 N–H and O–H groups in total. The van der Waals surface area contributed by atoms with Gasteiger partial charge in [-0.05, 0) is 20.3 Å². The number of nitrogens with zero attached hydrogens (tertiary/aromatic N) is 5. The summed E-state index contributed by atoms with van der Waals surface area (Å²) in [5, 5.41) is 8.21. The number of likely N-dealkylation sites (tertiary alicyclic amines) is 1. The van der Waals surface area contributed by atoms with Gasteiger partial charge in [0.05, 0.1) is 11.4 Å².